The van der Waals surface area contributed by atoms with Crippen molar-refractivity contribution in [2.45, 2.75) is 13.1 Å². The van der Waals surface area contributed by atoms with Crippen molar-refractivity contribution in [2.75, 3.05) is 21.3 Å². The van der Waals surface area contributed by atoms with Crippen LogP contribution in [-0.4, -0.2) is 41.8 Å². The molecule has 0 saturated carbocycles. The van der Waals surface area contributed by atoms with Gasteiger partial charge in [-0.2, -0.15) is 0 Å². The molecule has 9 heteroatoms. The van der Waals surface area contributed by atoms with Crippen LogP contribution in [-0.2, 0) is 17.9 Å². The van der Waals surface area contributed by atoms with Crippen LogP contribution in [0.2, 0.25) is 0 Å². The molecule has 9 nitrogen and oxygen atoms in total. The quantitative estimate of drug-likeness (QED) is 0.473. The molecule has 0 aliphatic rings. The molecule has 31 heavy (non-hydrogen) atoms. The topological polar surface area (TPSA) is 107 Å². The number of nitrogens with one attached hydrogen (secondary N) is 2. The molecule has 4 aromatic rings. The highest BCUT2D eigenvalue weighted by Gasteiger charge is 2.15. The fraction of sp³-hybridized carbons (Fsp3) is 0.227. The number of benzene rings is 2. The average Bonchev–Trinajstić information content (AvgIpc) is 3.17. The summed E-state index contributed by atoms with van der Waals surface area (Å²) in [5.74, 6) is 1.53. The predicted molar refractivity (Wildman–Crippen MR) is 116 cm³/mol. The molecule has 0 saturated heterocycles. The van der Waals surface area contributed by atoms with Gasteiger partial charge in [0.25, 0.3) is 5.56 Å². The summed E-state index contributed by atoms with van der Waals surface area (Å²) in [6.45, 7) is 0.208. The molecule has 0 aliphatic heterocycles. The SMILES string of the molecule is COc1ccc(CNC(=O)Cn2cnc3c([nH]c4cc(OC)c(OC)cc43)c2=O)cc1. The number of aromatic amines is 1. The number of methoxy groups -OCH3 is 3. The molecule has 0 spiro atoms. The monoisotopic (exact) mass is 422 g/mol. The van der Waals surface area contributed by atoms with E-state index in [0.29, 0.717) is 34.6 Å². The summed E-state index contributed by atoms with van der Waals surface area (Å²) < 4.78 is 17.0. The van der Waals surface area contributed by atoms with Gasteiger partial charge in [0.15, 0.2) is 11.5 Å². The third-order valence-corrected chi connectivity index (χ3v) is 5.04. The van der Waals surface area contributed by atoms with Crippen molar-refractivity contribution in [3.8, 4) is 17.2 Å². The first-order valence-electron chi connectivity index (χ1n) is 9.56. The fourth-order valence-corrected chi connectivity index (χ4v) is 3.39. The third-order valence-electron chi connectivity index (χ3n) is 5.04. The van der Waals surface area contributed by atoms with Crippen molar-refractivity contribution in [3.05, 3.63) is 58.6 Å². The van der Waals surface area contributed by atoms with Crippen molar-refractivity contribution in [2.24, 2.45) is 0 Å². The Balaban J connectivity index is 1.56. The summed E-state index contributed by atoms with van der Waals surface area (Å²) >= 11 is 0. The van der Waals surface area contributed by atoms with Gasteiger partial charge in [0.05, 0.1) is 33.2 Å². The number of hydrogen-bond donors (Lipinski definition) is 2. The minimum absolute atomic E-state index is 0.139. The Labute approximate surface area is 177 Å². The summed E-state index contributed by atoms with van der Waals surface area (Å²) in [6, 6.07) is 10.9. The molecule has 0 atom stereocenters. The van der Waals surface area contributed by atoms with E-state index in [2.05, 4.69) is 15.3 Å². The maximum absolute atomic E-state index is 12.9. The summed E-state index contributed by atoms with van der Waals surface area (Å²) in [5, 5.41) is 3.54. The Hall–Kier alpha value is -4.01. The standard InChI is InChI=1S/C22H22N4O5/c1-29-14-6-4-13(5-7-14)10-23-19(27)11-26-12-24-20-15-8-17(30-2)18(31-3)9-16(15)25-21(20)22(26)28/h4-9,12,25H,10-11H2,1-3H3,(H,23,27). The maximum Gasteiger partial charge on any atom is 0.278 e. The van der Waals surface area contributed by atoms with E-state index in [-0.39, 0.29) is 18.0 Å². The number of amides is 1. The molecule has 0 aliphatic carbocycles. The zero-order chi connectivity index (χ0) is 22.0. The van der Waals surface area contributed by atoms with Crippen LogP contribution in [0.1, 0.15) is 5.56 Å². The van der Waals surface area contributed by atoms with Gasteiger partial charge in [-0.05, 0) is 23.8 Å². The number of aromatic nitrogens is 3. The first-order chi connectivity index (χ1) is 15.0. The van der Waals surface area contributed by atoms with Crippen LogP contribution >= 0.6 is 0 Å². The van der Waals surface area contributed by atoms with Crippen LogP contribution in [0.5, 0.6) is 17.2 Å². The lowest BCUT2D eigenvalue weighted by Crippen LogP contribution is -2.32. The number of carbonyl (C=O) groups excluding carboxylic acids is 1. The van der Waals surface area contributed by atoms with Gasteiger partial charge in [-0.15, -0.1) is 0 Å². The number of H-pyrrole nitrogens is 1. The largest absolute Gasteiger partial charge is 0.497 e. The van der Waals surface area contributed by atoms with Gasteiger partial charge < -0.3 is 24.5 Å². The highest BCUT2D eigenvalue weighted by Crippen LogP contribution is 2.34. The van der Waals surface area contributed by atoms with Gasteiger partial charge in [-0.25, -0.2) is 4.98 Å². The predicted octanol–water partition coefficient (Wildman–Crippen LogP) is 2.22. The molecule has 2 aromatic carbocycles. The summed E-state index contributed by atoms with van der Waals surface area (Å²) in [5.41, 5.74) is 2.11. The minimum atomic E-state index is -0.335. The summed E-state index contributed by atoms with van der Waals surface area (Å²) in [4.78, 5) is 32.8. The minimum Gasteiger partial charge on any atom is -0.497 e. The molecular weight excluding hydrogens is 400 g/mol. The number of hydrogen-bond acceptors (Lipinski definition) is 6. The van der Waals surface area contributed by atoms with E-state index < -0.39 is 0 Å². The second-order valence-electron chi connectivity index (χ2n) is 6.90. The van der Waals surface area contributed by atoms with E-state index in [9.17, 15) is 9.59 Å². The number of fused-ring (bicyclic) bond motifs is 3. The normalized spacial score (nSPS) is 10.9. The van der Waals surface area contributed by atoms with Crippen LogP contribution in [0.25, 0.3) is 21.9 Å². The van der Waals surface area contributed by atoms with Gasteiger partial charge in [0.2, 0.25) is 5.91 Å². The smallest absolute Gasteiger partial charge is 0.278 e. The molecule has 2 N–H and O–H groups in total. The van der Waals surface area contributed by atoms with E-state index in [1.54, 1.807) is 33.5 Å². The maximum atomic E-state index is 12.9. The lowest BCUT2D eigenvalue weighted by atomic mass is 10.2. The van der Waals surface area contributed by atoms with E-state index in [1.165, 1.54) is 10.9 Å². The van der Waals surface area contributed by atoms with Gasteiger partial charge in [-0.1, -0.05) is 12.1 Å². The van der Waals surface area contributed by atoms with Crippen LogP contribution in [0.4, 0.5) is 0 Å². The molecule has 0 bridgehead atoms. The molecule has 4 rings (SSSR count). The summed E-state index contributed by atoms with van der Waals surface area (Å²) in [6.07, 6.45) is 1.38. The van der Waals surface area contributed by atoms with Crippen molar-refractivity contribution in [3.63, 3.8) is 0 Å². The Kier molecular flexibility index (Phi) is 5.48. The van der Waals surface area contributed by atoms with Crippen molar-refractivity contribution < 1.29 is 19.0 Å². The molecule has 0 radical (unpaired) electrons. The van der Waals surface area contributed by atoms with Crippen molar-refractivity contribution in [1.82, 2.24) is 19.9 Å². The number of ether oxygens (including phenoxy) is 3. The molecule has 160 valence electrons. The lowest BCUT2D eigenvalue weighted by Gasteiger charge is -2.08. The second kappa shape index (κ2) is 8.39. The molecular formula is C22H22N4O5. The number of carbonyl (C=O) groups is 1. The second-order valence-corrected chi connectivity index (χ2v) is 6.90. The van der Waals surface area contributed by atoms with Crippen LogP contribution in [0.15, 0.2) is 47.5 Å². The molecule has 1 amide bonds. The van der Waals surface area contributed by atoms with Crippen LogP contribution in [0, 0.1) is 0 Å². The fourth-order valence-electron chi connectivity index (χ4n) is 3.39. The van der Waals surface area contributed by atoms with Crippen molar-refractivity contribution >= 4 is 27.8 Å². The zero-order valence-corrected chi connectivity index (χ0v) is 17.4. The summed E-state index contributed by atoms with van der Waals surface area (Å²) in [7, 11) is 4.69. The van der Waals surface area contributed by atoms with Crippen LogP contribution < -0.4 is 25.1 Å². The molecule has 0 unspecified atom stereocenters. The highest BCUT2D eigenvalue weighted by molar-refractivity contribution is 6.05. The van der Waals surface area contributed by atoms with E-state index in [0.717, 1.165) is 16.7 Å². The van der Waals surface area contributed by atoms with Gasteiger partial charge in [0, 0.05) is 18.0 Å². The lowest BCUT2D eigenvalue weighted by molar-refractivity contribution is -0.121. The Morgan fingerprint density at radius 2 is 1.77 bits per heavy atom. The van der Waals surface area contributed by atoms with Crippen LogP contribution in [0.3, 0.4) is 0 Å². The van der Waals surface area contributed by atoms with Gasteiger partial charge >= 0.3 is 0 Å². The first-order valence-corrected chi connectivity index (χ1v) is 9.56. The highest BCUT2D eigenvalue weighted by atomic mass is 16.5. The van der Waals surface area contributed by atoms with Crippen molar-refractivity contribution in [1.29, 1.82) is 0 Å². The first kappa shape index (κ1) is 20.3. The van der Waals surface area contributed by atoms with E-state index in [1.807, 2.05) is 24.3 Å². The van der Waals surface area contributed by atoms with E-state index >= 15 is 0 Å². The molecule has 0 fully saturated rings. The zero-order valence-electron chi connectivity index (χ0n) is 17.4. The molecule has 2 heterocycles. The Morgan fingerprint density at radius 3 is 2.45 bits per heavy atom. The van der Waals surface area contributed by atoms with Gasteiger partial charge in [-0.3, -0.25) is 14.2 Å². The van der Waals surface area contributed by atoms with E-state index in [4.69, 9.17) is 14.2 Å². The van der Waals surface area contributed by atoms with Gasteiger partial charge in [0.1, 0.15) is 23.3 Å². The third kappa shape index (κ3) is 3.89. The number of nitrogens with zero attached hydrogens (tertiary/aromatic N) is 2. The Morgan fingerprint density at radius 1 is 1.06 bits per heavy atom. The average molecular weight is 422 g/mol. The number of rotatable bonds is 7. The Bertz CT molecular complexity index is 1310. The molecule has 2 aromatic heterocycles.